The second-order valence-corrected chi connectivity index (χ2v) is 5.03. The zero-order valence-electron chi connectivity index (χ0n) is 14.4. The van der Waals surface area contributed by atoms with Crippen molar-refractivity contribution in [3.05, 3.63) is 0 Å². The van der Waals surface area contributed by atoms with E-state index in [0.717, 1.165) is 0 Å². The van der Waals surface area contributed by atoms with E-state index >= 15 is 0 Å². The van der Waals surface area contributed by atoms with Gasteiger partial charge in [0, 0.05) is 28.4 Å². The van der Waals surface area contributed by atoms with Crippen molar-refractivity contribution in [2.24, 2.45) is 0 Å². The average molecular weight is 334 g/mol. The van der Waals surface area contributed by atoms with Crippen molar-refractivity contribution in [3.8, 4) is 0 Å². The Morgan fingerprint density at radius 1 is 0.783 bits per heavy atom. The first-order valence-corrected chi connectivity index (χ1v) is 7.08. The molecule has 4 amide bonds. The molecule has 0 aromatic rings. The average Bonchev–Trinajstić information content (AvgIpc) is 2.54. The summed E-state index contributed by atoms with van der Waals surface area (Å²) in [6, 6.07) is -0.619. The van der Waals surface area contributed by atoms with Gasteiger partial charge in [0.2, 0.25) is 0 Å². The van der Waals surface area contributed by atoms with Crippen molar-refractivity contribution in [3.63, 3.8) is 0 Å². The lowest BCUT2D eigenvalue weighted by atomic mass is 10.4. The van der Waals surface area contributed by atoms with Gasteiger partial charge in [0.05, 0.1) is 0 Å². The van der Waals surface area contributed by atoms with Crippen LogP contribution in [-0.2, 0) is 18.9 Å². The summed E-state index contributed by atoms with van der Waals surface area (Å²) in [5, 5.41) is 0. The summed E-state index contributed by atoms with van der Waals surface area (Å²) in [4.78, 5) is 31.1. The molecule has 0 N–H and O–H groups in total. The van der Waals surface area contributed by atoms with Gasteiger partial charge in [-0.05, 0) is 6.92 Å². The van der Waals surface area contributed by atoms with Crippen LogP contribution in [-0.4, -0.2) is 99.9 Å². The zero-order valence-corrected chi connectivity index (χ0v) is 14.4. The minimum absolute atomic E-state index is 0.0342. The normalized spacial score (nSPS) is 17.8. The van der Waals surface area contributed by atoms with Crippen LogP contribution in [0.2, 0.25) is 0 Å². The van der Waals surface area contributed by atoms with Crippen LogP contribution in [0.15, 0.2) is 0 Å². The molecule has 0 aromatic carbocycles. The van der Waals surface area contributed by atoms with E-state index in [1.54, 1.807) is 6.92 Å². The third kappa shape index (κ3) is 4.67. The van der Waals surface area contributed by atoms with Gasteiger partial charge in [0.15, 0.2) is 0 Å². The highest BCUT2D eigenvalue weighted by molar-refractivity contribution is 5.80. The fourth-order valence-corrected chi connectivity index (χ4v) is 2.29. The monoisotopic (exact) mass is 334 g/mol. The summed E-state index contributed by atoms with van der Waals surface area (Å²) in [5.41, 5.74) is 0. The standard InChI is InChI=1S/C13H26N4O6/c1-11-16(9-22-4)12(18)14(7-20-2)6-15(8-21-3)13(19)17(11)10-23-5/h11H,6-10H2,1-5H3. The van der Waals surface area contributed by atoms with Crippen LogP contribution >= 0.6 is 0 Å². The van der Waals surface area contributed by atoms with Gasteiger partial charge in [-0.2, -0.15) is 0 Å². The number of carbonyl (C=O) groups is 2. The summed E-state index contributed by atoms with van der Waals surface area (Å²) < 4.78 is 20.3. The van der Waals surface area contributed by atoms with Crippen LogP contribution in [0, 0.1) is 0 Å². The molecule has 1 saturated heterocycles. The van der Waals surface area contributed by atoms with Gasteiger partial charge in [0.25, 0.3) is 0 Å². The molecule has 0 atom stereocenters. The molecule has 0 radical (unpaired) electrons. The maximum atomic E-state index is 12.7. The SMILES string of the molecule is COCN1CN(COC)C(=O)N(COC)C(C)N(COC)C1=O. The predicted molar refractivity (Wildman–Crippen MR) is 80.0 cm³/mol. The Balaban J connectivity index is 3.15. The first-order chi connectivity index (χ1) is 11.0. The number of urea groups is 2. The topological polar surface area (TPSA) is 84.0 Å². The number of methoxy groups -OCH3 is 4. The number of ether oxygens (including phenoxy) is 4. The highest BCUT2D eigenvalue weighted by Gasteiger charge is 2.37. The Hall–Kier alpha value is -1.62. The number of nitrogens with zero attached hydrogens (tertiary/aromatic N) is 4. The first kappa shape index (κ1) is 19.4. The van der Waals surface area contributed by atoms with E-state index < -0.39 is 6.17 Å². The molecule has 23 heavy (non-hydrogen) atoms. The second-order valence-electron chi connectivity index (χ2n) is 5.03. The largest absolute Gasteiger partial charge is 0.364 e. The van der Waals surface area contributed by atoms with Crippen LogP contribution in [0.25, 0.3) is 0 Å². The molecule has 0 bridgehead atoms. The van der Waals surface area contributed by atoms with E-state index in [9.17, 15) is 9.59 Å². The van der Waals surface area contributed by atoms with Crippen molar-refractivity contribution in [2.75, 3.05) is 62.0 Å². The lowest BCUT2D eigenvalue weighted by Crippen LogP contribution is -2.63. The van der Waals surface area contributed by atoms with Crippen LogP contribution in [0.5, 0.6) is 0 Å². The van der Waals surface area contributed by atoms with Gasteiger partial charge in [-0.15, -0.1) is 0 Å². The Labute approximate surface area is 136 Å². The fourth-order valence-electron chi connectivity index (χ4n) is 2.29. The first-order valence-electron chi connectivity index (χ1n) is 7.08. The lowest BCUT2D eigenvalue weighted by molar-refractivity contribution is -0.0696. The number of carbonyl (C=O) groups excluding carboxylic acids is 2. The van der Waals surface area contributed by atoms with E-state index in [-0.39, 0.29) is 45.7 Å². The highest BCUT2D eigenvalue weighted by atomic mass is 16.5. The minimum atomic E-state index is -0.561. The molecule has 1 aliphatic heterocycles. The van der Waals surface area contributed by atoms with E-state index in [1.807, 2.05) is 0 Å². The molecular weight excluding hydrogens is 308 g/mol. The molecule has 1 heterocycles. The van der Waals surface area contributed by atoms with E-state index in [1.165, 1.54) is 48.0 Å². The molecule has 0 spiro atoms. The van der Waals surface area contributed by atoms with Crippen molar-refractivity contribution in [1.82, 2.24) is 19.6 Å². The fraction of sp³-hybridized carbons (Fsp3) is 0.846. The predicted octanol–water partition coefficient (Wildman–Crippen LogP) is 0.167. The summed E-state index contributed by atoms with van der Waals surface area (Å²) in [7, 11) is 5.93. The molecule has 0 saturated carbocycles. The van der Waals surface area contributed by atoms with Crippen molar-refractivity contribution in [2.45, 2.75) is 13.1 Å². The maximum Gasteiger partial charge on any atom is 0.326 e. The Kier molecular flexibility index (Phi) is 8.03. The van der Waals surface area contributed by atoms with Crippen LogP contribution in [0.1, 0.15) is 6.92 Å². The third-order valence-corrected chi connectivity index (χ3v) is 3.38. The number of rotatable bonds is 8. The summed E-state index contributed by atoms with van der Waals surface area (Å²) >= 11 is 0. The summed E-state index contributed by atoms with van der Waals surface area (Å²) in [6.45, 7) is 1.94. The van der Waals surface area contributed by atoms with Gasteiger partial charge in [-0.1, -0.05) is 0 Å². The molecule has 10 heteroatoms. The smallest absolute Gasteiger partial charge is 0.326 e. The Morgan fingerprint density at radius 2 is 1.13 bits per heavy atom. The van der Waals surface area contributed by atoms with Gasteiger partial charge >= 0.3 is 12.1 Å². The number of hydrogen-bond acceptors (Lipinski definition) is 6. The quantitative estimate of drug-likeness (QED) is 0.629. The maximum absolute atomic E-state index is 12.7. The highest BCUT2D eigenvalue weighted by Crippen LogP contribution is 2.17. The van der Waals surface area contributed by atoms with Crippen LogP contribution in [0.4, 0.5) is 9.59 Å². The van der Waals surface area contributed by atoms with E-state index in [4.69, 9.17) is 18.9 Å². The lowest BCUT2D eigenvalue weighted by Gasteiger charge is -2.44. The van der Waals surface area contributed by atoms with Crippen LogP contribution < -0.4 is 0 Å². The molecular formula is C13H26N4O6. The zero-order chi connectivity index (χ0) is 17.4. The van der Waals surface area contributed by atoms with Crippen molar-refractivity contribution in [1.29, 1.82) is 0 Å². The third-order valence-electron chi connectivity index (χ3n) is 3.38. The second kappa shape index (κ2) is 9.50. The number of hydrogen-bond donors (Lipinski definition) is 0. The molecule has 10 nitrogen and oxygen atoms in total. The molecule has 0 aliphatic carbocycles. The summed E-state index contributed by atoms with van der Waals surface area (Å²) in [6.07, 6.45) is -0.561. The molecule has 134 valence electrons. The van der Waals surface area contributed by atoms with E-state index in [0.29, 0.717) is 0 Å². The molecule has 1 aliphatic rings. The molecule has 0 aromatic heterocycles. The molecule has 0 unspecified atom stereocenters. The Bertz CT molecular complexity index is 363. The molecule has 1 fully saturated rings. The number of amides is 4. The van der Waals surface area contributed by atoms with Gasteiger partial charge in [-0.25, -0.2) is 9.59 Å². The van der Waals surface area contributed by atoms with Crippen molar-refractivity contribution >= 4 is 12.1 Å². The van der Waals surface area contributed by atoms with E-state index in [2.05, 4.69) is 0 Å². The van der Waals surface area contributed by atoms with Crippen molar-refractivity contribution < 1.29 is 28.5 Å². The van der Waals surface area contributed by atoms with Gasteiger partial charge < -0.3 is 18.9 Å². The minimum Gasteiger partial charge on any atom is -0.364 e. The van der Waals surface area contributed by atoms with Gasteiger partial charge in [-0.3, -0.25) is 19.6 Å². The Morgan fingerprint density at radius 3 is 1.43 bits per heavy atom. The summed E-state index contributed by atoms with van der Waals surface area (Å²) in [5.74, 6) is 0. The van der Waals surface area contributed by atoms with Gasteiger partial charge in [0.1, 0.15) is 39.8 Å². The molecule has 1 rings (SSSR count). The van der Waals surface area contributed by atoms with Crippen LogP contribution in [0.3, 0.4) is 0 Å².